The van der Waals surface area contributed by atoms with Gasteiger partial charge in [0.25, 0.3) is 0 Å². The molecule has 20 heavy (non-hydrogen) atoms. The minimum atomic E-state index is 0.667. The van der Waals surface area contributed by atoms with Crippen LogP contribution in [0.25, 0.3) is 0 Å². The molecule has 1 aromatic carbocycles. The molecule has 5 nitrogen and oxygen atoms in total. The molecule has 2 aromatic rings. The van der Waals surface area contributed by atoms with E-state index in [0.717, 1.165) is 24.5 Å². The lowest BCUT2D eigenvalue weighted by Crippen LogP contribution is -2.04. The maximum Gasteiger partial charge on any atom is 0.119 e. The Morgan fingerprint density at radius 1 is 1.25 bits per heavy atom. The first-order valence-corrected chi connectivity index (χ1v) is 6.79. The minimum absolute atomic E-state index is 0.667. The maximum absolute atomic E-state index is 5.42. The van der Waals surface area contributed by atoms with Crippen LogP contribution >= 0.6 is 0 Å². The summed E-state index contributed by atoms with van der Waals surface area (Å²) in [5, 5.41) is 7.60. The summed E-state index contributed by atoms with van der Waals surface area (Å²) >= 11 is 0. The average Bonchev–Trinajstić information content (AvgIpc) is 2.93. The van der Waals surface area contributed by atoms with Crippen molar-refractivity contribution in [2.24, 2.45) is 0 Å². The van der Waals surface area contributed by atoms with Crippen LogP contribution in [0.1, 0.15) is 12.5 Å². The summed E-state index contributed by atoms with van der Waals surface area (Å²) in [6.07, 6.45) is 3.80. The molecule has 0 aliphatic carbocycles. The van der Waals surface area contributed by atoms with Gasteiger partial charge in [-0.2, -0.15) is 5.10 Å². The summed E-state index contributed by atoms with van der Waals surface area (Å²) in [6, 6.07) is 8.10. The topological polar surface area (TPSA) is 48.3 Å². The number of nitrogens with zero attached hydrogens (tertiary/aromatic N) is 2. The molecule has 0 fully saturated rings. The maximum atomic E-state index is 5.42. The van der Waals surface area contributed by atoms with Crippen molar-refractivity contribution in [1.82, 2.24) is 9.78 Å². The summed E-state index contributed by atoms with van der Waals surface area (Å²) in [4.78, 5) is 0. The first kappa shape index (κ1) is 14.4. The minimum Gasteiger partial charge on any atom is -0.494 e. The molecule has 108 valence electrons. The van der Waals surface area contributed by atoms with Gasteiger partial charge in [-0.3, -0.25) is 4.68 Å². The van der Waals surface area contributed by atoms with E-state index in [-0.39, 0.29) is 0 Å². The van der Waals surface area contributed by atoms with Gasteiger partial charge in [0, 0.05) is 19.9 Å². The highest BCUT2D eigenvalue weighted by Crippen LogP contribution is 2.13. The third-order valence-corrected chi connectivity index (χ3v) is 2.89. The molecule has 1 aromatic heterocycles. The van der Waals surface area contributed by atoms with Crippen molar-refractivity contribution in [3.8, 4) is 5.75 Å². The zero-order valence-corrected chi connectivity index (χ0v) is 12.0. The predicted molar refractivity (Wildman–Crippen MR) is 79.0 cm³/mol. The Labute approximate surface area is 119 Å². The van der Waals surface area contributed by atoms with E-state index in [9.17, 15) is 0 Å². The average molecular weight is 275 g/mol. The molecule has 0 saturated carbocycles. The van der Waals surface area contributed by atoms with Crippen LogP contribution in [-0.4, -0.2) is 30.1 Å². The molecule has 0 amide bonds. The fraction of sp³-hybridized carbons (Fsp3) is 0.400. The van der Waals surface area contributed by atoms with Crippen molar-refractivity contribution in [3.63, 3.8) is 0 Å². The van der Waals surface area contributed by atoms with Crippen LogP contribution in [0.3, 0.4) is 0 Å². The monoisotopic (exact) mass is 275 g/mol. The first-order chi connectivity index (χ1) is 9.81. The highest BCUT2D eigenvalue weighted by Gasteiger charge is 1.99. The molecular weight excluding hydrogens is 254 g/mol. The zero-order chi connectivity index (χ0) is 14.2. The van der Waals surface area contributed by atoms with E-state index in [1.165, 1.54) is 5.56 Å². The lowest BCUT2D eigenvalue weighted by atomic mass is 10.2. The largest absolute Gasteiger partial charge is 0.494 e. The Hall–Kier alpha value is -2.01. The van der Waals surface area contributed by atoms with Crippen LogP contribution in [0.15, 0.2) is 36.7 Å². The molecule has 2 rings (SSSR count). The summed E-state index contributed by atoms with van der Waals surface area (Å²) in [6.45, 7) is 4.87. The van der Waals surface area contributed by atoms with Crippen LogP contribution in [0.4, 0.5) is 5.69 Å². The van der Waals surface area contributed by atoms with Gasteiger partial charge in [0.05, 0.1) is 31.6 Å². The molecule has 0 spiro atoms. The van der Waals surface area contributed by atoms with Gasteiger partial charge >= 0.3 is 0 Å². The number of nitrogens with one attached hydrogen (secondary N) is 1. The fourth-order valence-electron chi connectivity index (χ4n) is 1.84. The standard InChI is InChI=1S/C15H21N3O2/c1-3-20-15-6-4-13(5-7-15)10-16-14-11-17-18(12-14)8-9-19-2/h4-7,11-12,16H,3,8-10H2,1-2H3. The van der Waals surface area contributed by atoms with E-state index < -0.39 is 0 Å². The van der Waals surface area contributed by atoms with E-state index in [1.54, 1.807) is 7.11 Å². The van der Waals surface area contributed by atoms with Gasteiger partial charge in [-0.05, 0) is 24.6 Å². The lowest BCUT2D eigenvalue weighted by Gasteiger charge is -2.06. The van der Waals surface area contributed by atoms with Crippen LogP contribution in [0, 0.1) is 0 Å². The van der Waals surface area contributed by atoms with Crippen molar-refractivity contribution in [2.45, 2.75) is 20.0 Å². The Morgan fingerprint density at radius 3 is 2.75 bits per heavy atom. The van der Waals surface area contributed by atoms with Crippen LogP contribution in [0.2, 0.25) is 0 Å². The molecule has 5 heteroatoms. The van der Waals surface area contributed by atoms with Gasteiger partial charge in [0.2, 0.25) is 0 Å². The second-order valence-corrected chi connectivity index (χ2v) is 4.42. The highest BCUT2D eigenvalue weighted by molar-refractivity contribution is 5.39. The number of benzene rings is 1. The molecular formula is C15H21N3O2. The van der Waals surface area contributed by atoms with Crippen LogP contribution < -0.4 is 10.1 Å². The Balaban J connectivity index is 1.83. The fourth-order valence-corrected chi connectivity index (χ4v) is 1.84. The van der Waals surface area contributed by atoms with E-state index in [1.807, 2.05) is 36.1 Å². The number of hydrogen-bond acceptors (Lipinski definition) is 4. The van der Waals surface area contributed by atoms with Gasteiger partial charge in [0.15, 0.2) is 0 Å². The zero-order valence-electron chi connectivity index (χ0n) is 12.0. The number of hydrogen-bond donors (Lipinski definition) is 1. The van der Waals surface area contributed by atoms with E-state index in [2.05, 4.69) is 22.5 Å². The molecule has 0 aliphatic heterocycles. The highest BCUT2D eigenvalue weighted by atomic mass is 16.5. The number of aromatic nitrogens is 2. The molecule has 0 atom stereocenters. The molecule has 0 saturated heterocycles. The Morgan fingerprint density at radius 2 is 2.05 bits per heavy atom. The van der Waals surface area contributed by atoms with Crippen LogP contribution in [-0.2, 0) is 17.8 Å². The summed E-state index contributed by atoms with van der Waals surface area (Å²) in [5.74, 6) is 0.906. The smallest absolute Gasteiger partial charge is 0.119 e. The second-order valence-electron chi connectivity index (χ2n) is 4.42. The number of rotatable bonds is 8. The molecule has 0 unspecified atom stereocenters. The van der Waals surface area contributed by atoms with Gasteiger partial charge in [-0.1, -0.05) is 12.1 Å². The summed E-state index contributed by atoms with van der Waals surface area (Å²) in [7, 11) is 1.69. The number of ether oxygens (including phenoxy) is 2. The molecule has 0 radical (unpaired) electrons. The summed E-state index contributed by atoms with van der Waals surface area (Å²) in [5.41, 5.74) is 2.22. The first-order valence-electron chi connectivity index (χ1n) is 6.79. The van der Waals surface area contributed by atoms with Crippen LogP contribution in [0.5, 0.6) is 5.75 Å². The second kappa shape index (κ2) is 7.55. The van der Waals surface area contributed by atoms with E-state index in [4.69, 9.17) is 9.47 Å². The SMILES string of the molecule is CCOc1ccc(CNc2cnn(CCOC)c2)cc1. The number of methoxy groups -OCH3 is 1. The molecule has 0 aliphatic rings. The lowest BCUT2D eigenvalue weighted by molar-refractivity contribution is 0.183. The normalized spacial score (nSPS) is 10.5. The van der Waals surface area contributed by atoms with Crippen molar-refractivity contribution in [2.75, 3.05) is 25.6 Å². The Bertz CT molecular complexity index is 508. The van der Waals surface area contributed by atoms with Gasteiger partial charge < -0.3 is 14.8 Å². The van der Waals surface area contributed by atoms with E-state index in [0.29, 0.717) is 13.2 Å². The van der Waals surface area contributed by atoms with Crippen molar-refractivity contribution in [1.29, 1.82) is 0 Å². The Kier molecular flexibility index (Phi) is 5.43. The molecule has 0 bridgehead atoms. The van der Waals surface area contributed by atoms with Gasteiger partial charge in [0.1, 0.15) is 5.75 Å². The molecule has 1 N–H and O–H groups in total. The van der Waals surface area contributed by atoms with Gasteiger partial charge in [-0.25, -0.2) is 0 Å². The summed E-state index contributed by atoms with van der Waals surface area (Å²) < 4.78 is 12.3. The number of anilines is 1. The third-order valence-electron chi connectivity index (χ3n) is 2.89. The predicted octanol–water partition coefficient (Wildman–Crippen LogP) is 2.54. The molecule has 1 heterocycles. The van der Waals surface area contributed by atoms with Gasteiger partial charge in [-0.15, -0.1) is 0 Å². The quantitative estimate of drug-likeness (QED) is 0.804. The van der Waals surface area contributed by atoms with Crippen molar-refractivity contribution in [3.05, 3.63) is 42.2 Å². The van der Waals surface area contributed by atoms with Crippen molar-refractivity contribution >= 4 is 5.69 Å². The van der Waals surface area contributed by atoms with E-state index >= 15 is 0 Å². The van der Waals surface area contributed by atoms with Crippen molar-refractivity contribution < 1.29 is 9.47 Å². The third kappa shape index (κ3) is 4.28.